The highest BCUT2D eigenvalue weighted by atomic mass is 16.5. The highest BCUT2D eigenvalue weighted by Gasteiger charge is 2.07. The summed E-state index contributed by atoms with van der Waals surface area (Å²) in [6.45, 7) is 5.99. The zero-order chi connectivity index (χ0) is 13.4. The van der Waals surface area contributed by atoms with Crippen molar-refractivity contribution in [1.82, 2.24) is 15.3 Å². The second-order valence-electron chi connectivity index (χ2n) is 4.31. The molecule has 0 radical (unpaired) electrons. The van der Waals surface area contributed by atoms with Crippen LogP contribution in [0, 0.1) is 5.92 Å². The molecule has 0 aliphatic heterocycles. The summed E-state index contributed by atoms with van der Waals surface area (Å²) in [5, 5.41) is 5.82. The molecule has 0 unspecified atom stereocenters. The van der Waals surface area contributed by atoms with Crippen molar-refractivity contribution in [2.24, 2.45) is 5.92 Å². The highest BCUT2D eigenvalue weighted by Crippen LogP contribution is 2.02. The number of methoxy groups -OCH3 is 1. The Hall–Kier alpha value is -1.69. The van der Waals surface area contributed by atoms with Crippen LogP contribution in [-0.2, 0) is 4.74 Å². The van der Waals surface area contributed by atoms with Crippen molar-refractivity contribution in [2.75, 3.05) is 32.1 Å². The summed E-state index contributed by atoms with van der Waals surface area (Å²) in [6.07, 6.45) is 3.03. The van der Waals surface area contributed by atoms with Crippen LogP contribution >= 0.6 is 0 Å². The fourth-order valence-electron chi connectivity index (χ4n) is 1.20. The fraction of sp³-hybridized carbons (Fsp3) is 0.583. The van der Waals surface area contributed by atoms with Crippen molar-refractivity contribution in [1.29, 1.82) is 0 Å². The first kappa shape index (κ1) is 14.4. The lowest BCUT2D eigenvalue weighted by atomic mass is 10.2. The zero-order valence-corrected chi connectivity index (χ0v) is 11.1. The van der Waals surface area contributed by atoms with Gasteiger partial charge in [0.2, 0.25) is 0 Å². The van der Waals surface area contributed by atoms with Crippen LogP contribution < -0.4 is 10.6 Å². The third kappa shape index (κ3) is 5.09. The minimum atomic E-state index is -0.241. The van der Waals surface area contributed by atoms with Crippen molar-refractivity contribution in [3.8, 4) is 0 Å². The monoisotopic (exact) mass is 252 g/mol. The minimum absolute atomic E-state index is 0.241. The predicted octanol–water partition coefficient (Wildman–Crippen LogP) is 0.921. The number of carbonyl (C=O) groups excluding carboxylic acids is 1. The van der Waals surface area contributed by atoms with E-state index in [1.807, 2.05) is 0 Å². The second kappa shape index (κ2) is 7.60. The molecule has 1 rings (SSSR count). The Balaban J connectivity index is 2.46. The Kier molecular flexibility index (Phi) is 6.07. The summed E-state index contributed by atoms with van der Waals surface area (Å²) in [5.41, 5.74) is 0.307. The van der Waals surface area contributed by atoms with E-state index in [1.54, 1.807) is 13.3 Å². The van der Waals surface area contributed by atoms with E-state index in [1.165, 1.54) is 6.20 Å². The standard InChI is InChI=1S/C12H20N4O2/c1-9(2)6-15-11-8-14-10(7-16-11)12(17)13-4-5-18-3/h7-9H,4-6H2,1-3H3,(H,13,17)(H,15,16). The van der Waals surface area contributed by atoms with Crippen molar-refractivity contribution in [3.05, 3.63) is 18.1 Å². The average Bonchev–Trinajstić information content (AvgIpc) is 2.37. The summed E-state index contributed by atoms with van der Waals surface area (Å²) >= 11 is 0. The molecule has 1 aromatic heterocycles. The number of hydrogen-bond acceptors (Lipinski definition) is 5. The van der Waals surface area contributed by atoms with Gasteiger partial charge in [0.15, 0.2) is 0 Å². The van der Waals surface area contributed by atoms with Crippen LogP contribution in [0.1, 0.15) is 24.3 Å². The zero-order valence-electron chi connectivity index (χ0n) is 11.1. The van der Waals surface area contributed by atoms with Crippen LogP contribution in [0.5, 0.6) is 0 Å². The first-order chi connectivity index (χ1) is 8.63. The molecule has 0 saturated carbocycles. The maximum atomic E-state index is 11.6. The summed E-state index contributed by atoms with van der Waals surface area (Å²) in [4.78, 5) is 19.8. The van der Waals surface area contributed by atoms with Gasteiger partial charge in [-0.2, -0.15) is 0 Å². The number of carbonyl (C=O) groups is 1. The summed E-state index contributed by atoms with van der Waals surface area (Å²) < 4.78 is 4.84. The van der Waals surface area contributed by atoms with Crippen molar-refractivity contribution in [2.45, 2.75) is 13.8 Å². The first-order valence-electron chi connectivity index (χ1n) is 5.96. The number of rotatable bonds is 7. The minimum Gasteiger partial charge on any atom is -0.383 e. The number of aromatic nitrogens is 2. The number of nitrogens with zero attached hydrogens (tertiary/aromatic N) is 2. The summed E-state index contributed by atoms with van der Waals surface area (Å²) in [5.74, 6) is 0.968. The fourth-order valence-corrected chi connectivity index (χ4v) is 1.20. The van der Waals surface area contributed by atoms with Gasteiger partial charge in [0.05, 0.1) is 19.0 Å². The van der Waals surface area contributed by atoms with E-state index in [4.69, 9.17) is 4.74 Å². The Labute approximate surface area is 107 Å². The van der Waals surface area contributed by atoms with E-state index < -0.39 is 0 Å². The van der Waals surface area contributed by atoms with Gasteiger partial charge >= 0.3 is 0 Å². The predicted molar refractivity (Wildman–Crippen MR) is 69.6 cm³/mol. The molecule has 1 aromatic rings. The molecule has 2 N–H and O–H groups in total. The van der Waals surface area contributed by atoms with Crippen LogP contribution in [-0.4, -0.2) is 42.7 Å². The van der Waals surface area contributed by atoms with Gasteiger partial charge in [-0.15, -0.1) is 0 Å². The van der Waals surface area contributed by atoms with Gasteiger partial charge in [-0.25, -0.2) is 9.97 Å². The normalized spacial score (nSPS) is 10.4. The van der Waals surface area contributed by atoms with Gasteiger partial charge in [0.1, 0.15) is 11.5 Å². The van der Waals surface area contributed by atoms with Gasteiger partial charge in [-0.1, -0.05) is 13.8 Å². The molecule has 0 bridgehead atoms. The van der Waals surface area contributed by atoms with Gasteiger partial charge in [-0.3, -0.25) is 4.79 Å². The topological polar surface area (TPSA) is 76.1 Å². The van der Waals surface area contributed by atoms with Crippen LogP contribution in [0.15, 0.2) is 12.4 Å². The molecule has 6 nitrogen and oxygen atoms in total. The lowest BCUT2D eigenvalue weighted by Crippen LogP contribution is -2.27. The number of ether oxygens (including phenoxy) is 1. The van der Waals surface area contributed by atoms with E-state index >= 15 is 0 Å². The van der Waals surface area contributed by atoms with Crippen LogP contribution in [0.4, 0.5) is 5.82 Å². The summed E-state index contributed by atoms with van der Waals surface area (Å²) in [6, 6.07) is 0. The Morgan fingerprint density at radius 1 is 1.39 bits per heavy atom. The molecule has 0 spiro atoms. The maximum absolute atomic E-state index is 11.6. The third-order valence-corrected chi connectivity index (χ3v) is 2.17. The van der Waals surface area contributed by atoms with E-state index in [9.17, 15) is 4.79 Å². The second-order valence-corrected chi connectivity index (χ2v) is 4.31. The van der Waals surface area contributed by atoms with E-state index in [0.29, 0.717) is 30.6 Å². The SMILES string of the molecule is COCCNC(=O)c1cnc(NCC(C)C)cn1. The van der Waals surface area contributed by atoms with Crippen LogP contribution in [0.2, 0.25) is 0 Å². The molecule has 18 heavy (non-hydrogen) atoms. The Morgan fingerprint density at radius 2 is 2.17 bits per heavy atom. The van der Waals surface area contributed by atoms with Crippen molar-refractivity contribution < 1.29 is 9.53 Å². The van der Waals surface area contributed by atoms with E-state index in [0.717, 1.165) is 6.54 Å². The smallest absolute Gasteiger partial charge is 0.271 e. The Bertz CT molecular complexity index is 365. The van der Waals surface area contributed by atoms with Crippen molar-refractivity contribution in [3.63, 3.8) is 0 Å². The molecule has 0 aromatic carbocycles. The molecule has 0 saturated heterocycles. The average molecular weight is 252 g/mol. The lowest BCUT2D eigenvalue weighted by molar-refractivity contribution is 0.0932. The van der Waals surface area contributed by atoms with Crippen molar-refractivity contribution >= 4 is 11.7 Å². The molecule has 6 heteroatoms. The molecule has 0 atom stereocenters. The molecular weight excluding hydrogens is 232 g/mol. The summed E-state index contributed by atoms with van der Waals surface area (Å²) in [7, 11) is 1.58. The van der Waals surface area contributed by atoms with Crippen LogP contribution in [0.3, 0.4) is 0 Å². The molecule has 0 fully saturated rings. The molecule has 1 heterocycles. The number of anilines is 1. The quantitative estimate of drug-likeness (QED) is 0.706. The van der Waals surface area contributed by atoms with Gasteiger partial charge in [-0.05, 0) is 5.92 Å². The molecule has 100 valence electrons. The first-order valence-corrected chi connectivity index (χ1v) is 5.96. The molecule has 1 amide bonds. The molecule has 0 aliphatic carbocycles. The third-order valence-electron chi connectivity index (χ3n) is 2.17. The number of nitrogens with one attached hydrogen (secondary N) is 2. The van der Waals surface area contributed by atoms with E-state index in [2.05, 4.69) is 34.4 Å². The number of amides is 1. The van der Waals surface area contributed by atoms with Crippen LogP contribution in [0.25, 0.3) is 0 Å². The van der Waals surface area contributed by atoms with Gasteiger partial charge in [0, 0.05) is 20.2 Å². The molecule has 0 aliphatic rings. The number of hydrogen-bond donors (Lipinski definition) is 2. The Morgan fingerprint density at radius 3 is 2.72 bits per heavy atom. The van der Waals surface area contributed by atoms with Gasteiger partial charge < -0.3 is 15.4 Å². The highest BCUT2D eigenvalue weighted by molar-refractivity contribution is 5.91. The van der Waals surface area contributed by atoms with E-state index in [-0.39, 0.29) is 5.91 Å². The van der Waals surface area contributed by atoms with Gasteiger partial charge in [0.25, 0.3) is 5.91 Å². The lowest BCUT2D eigenvalue weighted by Gasteiger charge is -2.08. The molecular formula is C12H20N4O2. The maximum Gasteiger partial charge on any atom is 0.271 e. The largest absolute Gasteiger partial charge is 0.383 e.